The zero-order valence-corrected chi connectivity index (χ0v) is 15.6. The minimum Gasteiger partial charge on any atom is -0.470 e. The van der Waals surface area contributed by atoms with Crippen LogP contribution in [0.4, 0.5) is 5.82 Å². The number of nitrogens with two attached hydrogens (primary N) is 1. The van der Waals surface area contributed by atoms with Crippen LogP contribution in [0.1, 0.15) is 22.3 Å². The smallest absolute Gasteiger partial charge is 0.258 e. The highest BCUT2D eigenvalue weighted by molar-refractivity contribution is 5.64. The normalized spacial score (nSPS) is 14.0. The van der Waals surface area contributed by atoms with Gasteiger partial charge in [0.15, 0.2) is 5.82 Å². The van der Waals surface area contributed by atoms with Crippen LogP contribution >= 0.6 is 0 Å². The zero-order valence-electron chi connectivity index (χ0n) is 15.6. The number of anilines is 1. The molecule has 0 saturated heterocycles. The molecular weight excluding hydrogens is 338 g/mol. The average molecular weight is 361 g/mol. The molecule has 1 aliphatic heterocycles. The van der Waals surface area contributed by atoms with Crippen molar-refractivity contribution < 1.29 is 4.74 Å². The van der Waals surface area contributed by atoms with Gasteiger partial charge in [-0.15, -0.1) is 0 Å². The van der Waals surface area contributed by atoms with Gasteiger partial charge in [-0.25, -0.2) is 9.97 Å². The van der Waals surface area contributed by atoms with E-state index in [9.17, 15) is 0 Å². The molecule has 0 unspecified atom stereocenters. The summed E-state index contributed by atoms with van der Waals surface area (Å²) >= 11 is 0. The molecule has 0 atom stereocenters. The van der Waals surface area contributed by atoms with Crippen LogP contribution in [0.15, 0.2) is 42.9 Å². The number of likely N-dealkylation sites (N-methyl/N-ethyl adjacent to an activating group) is 1. The third-order valence-corrected chi connectivity index (χ3v) is 4.91. The van der Waals surface area contributed by atoms with Crippen molar-refractivity contribution >= 4 is 5.82 Å². The molecule has 2 aromatic heterocycles. The van der Waals surface area contributed by atoms with E-state index in [2.05, 4.69) is 46.0 Å². The van der Waals surface area contributed by atoms with Crippen molar-refractivity contribution in [3.05, 3.63) is 65.1 Å². The summed E-state index contributed by atoms with van der Waals surface area (Å²) in [6.45, 7) is 4.57. The lowest BCUT2D eigenvalue weighted by Gasteiger charge is -2.27. The topological polar surface area (TPSA) is 77.2 Å². The van der Waals surface area contributed by atoms with Crippen LogP contribution in [0, 0.1) is 6.92 Å². The van der Waals surface area contributed by atoms with Crippen LogP contribution in [-0.2, 0) is 19.6 Å². The Morgan fingerprint density at radius 3 is 2.96 bits per heavy atom. The van der Waals surface area contributed by atoms with Gasteiger partial charge in [-0.2, -0.15) is 0 Å². The molecular formula is C21H23N5O. The number of benzene rings is 1. The lowest BCUT2D eigenvalue weighted by Crippen LogP contribution is -2.27. The van der Waals surface area contributed by atoms with Crippen molar-refractivity contribution in [2.24, 2.45) is 0 Å². The van der Waals surface area contributed by atoms with E-state index < -0.39 is 0 Å². The molecule has 3 heterocycles. The highest BCUT2D eigenvalue weighted by Gasteiger charge is 2.17. The van der Waals surface area contributed by atoms with Crippen LogP contribution in [-0.4, -0.2) is 33.4 Å². The van der Waals surface area contributed by atoms with Gasteiger partial charge in [0.05, 0.1) is 11.9 Å². The van der Waals surface area contributed by atoms with E-state index in [1.54, 1.807) is 18.6 Å². The van der Waals surface area contributed by atoms with Crippen LogP contribution in [0.3, 0.4) is 0 Å². The lowest BCUT2D eigenvalue weighted by molar-refractivity contribution is 0.294. The Kier molecular flexibility index (Phi) is 4.73. The monoisotopic (exact) mass is 361 g/mol. The van der Waals surface area contributed by atoms with Gasteiger partial charge in [-0.3, -0.25) is 4.98 Å². The molecule has 0 radical (unpaired) electrons. The van der Waals surface area contributed by atoms with Crippen LogP contribution in [0.25, 0.3) is 11.3 Å². The van der Waals surface area contributed by atoms with Gasteiger partial charge < -0.3 is 15.4 Å². The minimum atomic E-state index is 0.289. The molecule has 138 valence electrons. The molecule has 0 bridgehead atoms. The quantitative estimate of drug-likeness (QED) is 0.770. The van der Waals surface area contributed by atoms with E-state index in [-0.39, 0.29) is 5.82 Å². The SMILES string of the molecule is Cc1cc(-c2cnc(N)c(OCc3cccnc3)n2)cc2c1CCN(C)C2. The molecule has 0 amide bonds. The molecule has 2 N–H and O–H groups in total. The number of nitrogens with zero attached hydrogens (tertiary/aromatic N) is 4. The van der Waals surface area contributed by atoms with Gasteiger partial charge in [0.25, 0.3) is 5.88 Å². The summed E-state index contributed by atoms with van der Waals surface area (Å²) in [5, 5.41) is 0. The van der Waals surface area contributed by atoms with Crippen LogP contribution < -0.4 is 10.5 Å². The van der Waals surface area contributed by atoms with Crippen molar-refractivity contribution in [2.75, 3.05) is 19.3 Å². The number of fused-ring (bicyclic) bond motifs is 1. The predicted molar refractivity (Wildman–Crippen MR) is 105 cm³/mol. The average Bonchev–Trinajstić information content (AvgIpc) is 2.67. The van der Waals surface area contributed by atoms with Crippen molar-refractivity contribution in [2.45, 2.75) is 26.5 Å². The summed E-state index contributed by atoms with van der Waals surface area (Å²) < 4.78 is 5.80. The summed E-state index contributed by atoms with van der Waals surface area (Å²) in [6, 6.07) is 8.21. The maximum Gasteiger partial charge on any atom is 0.258 e. The van der Waals surface area contributed by atoms with Gasteiger partial charge in [0.1, 0.15) is 6.61 Å². The second kappa shape index (κ2) is 7.32. The van der Waals surface area contributed by atoms with E-state index in [1.165, 1.54) is 16.7 Å². The summed E-state index contributed by atoms with van der Waals surface area (Å²) in [5.74, 6) is 0.640. The summed E-state index contributed by atoms with van der Waals surface area (Å²) in [7, 11) is 2.15. The zero-order chi connectivity index (χ0) is 18.8. The van der Waals surface area contributed by atoms with Crippen LogP contribution in [0.2, 0.25) is 0 Å². The molecule has 1 aliphatic rings. The Labute approximate surface area is 159 Å². The predicted octanol–water partition coefficient (Wildman–Crippen LogP) is 3.00. The maximum absolute atomic E-state index is 5.97. The van der Waals surface area contributed by atoms with Crippen molar-refractivity contribution in [1.29, 1.82) is 0 Å². The number of aromatic nitrogens is 3. The fourth-order valence-electron chi connectivity index (χ4n) is 3.47. The molecule has 1 aromatic carbocycles. The number of nitrogen functional groups attached to an aromatic ring is 1. The largest absolute Gasteiger partial charge is 0.470 e. The fourth-order valence-corrected chi connectivity index (χ4v) is 3.47. The molecule has 4 rings (SSSR count). The summed E-state index contributed by atoms with van der Waals surface area (Å²) in [5.41, 5.74) is 12.8. The molecule has 27 heavy (non-hydrogen) atoms. The van der Waals surface area contributed by atoms with Crippen LogP contribution in [0.5, 0.6) is 5.88 Å². The fraction of sp³-hybridized carbons (Fsp3) is 0.286. The third-order valence-electron chi connectivity index (χ3n) is 4.91. The summed E-state index contributed by atoms with van der Waals surface area (Å²) in [6.07, 6.45) is 6.29. The number of rotatable bonds is 4. The first-order valence-corrected chi connectivity index (χ1v) is 9.05. The summed E-state index contributed by atoms with van der Waals surface area (Å²) in [4.78, 5) is 15.3. The molecule has 6 heteroatoms. The van der Waals surface area contributed by atoms with Crippen molar-refractivity contribution in [3.8, 4) is 17.1 Å². The second-order valence-corrected chi connectivity index (χ2v) is 7.01. The number of ether oxygens (including phenoxy) is 1. The maximum atomic E-state index is 5.97. The lowest BCUT2D eigenvalue weighted by atomic mass is 9.92. The van der Waals surface area contributed by atoms with E-state index in [1.807, 2.05) is 12.1 Å². The van der Waals surface area contributed by atoms with E-state index in [0.717, 1.165) is 36.3 Å². The molecule has 0 fully saturated rings. The number of pyridine rings is 1. The molecule has 0 aliphatic carbocycles. The highest BCUT2D eigenvalue weighted by Crippen LogP contribution is 2.29. The Morgan fingerprint density at radius 2 is 2.15 bits per heavy atom. The molecule has 3 aromatic rings. The number of hydrogen-bond donors (Lipinski definition) is 1. The number of hydrogen-bond acceptors (Lipinski definition) is 6. The van der Waals surface area contributed by atoms with Gasteiger partial charge >= 0.3 is 0 Å². The number of aryl methyl sites for hydroxylation is 1. The Bertz CT molecular complexity index is 958. The molecule has 6 nitrogen and oxygen atoms in total. The Balaban J connectivity index is 1.63. The first-order valence-electron chi connectivity index (χ1n) is 9.05. The molecule has 0 saturated carbocycles. The van der Waals surface area contributed by atoms with Gasteiger partial charge in [-0.05, 0) is 55.3 Å². The van der Waals surface area contributed by atoms with E-state index in [0.29, 0.717) is 12.5 Å². The van der Waals surface area contributed by atoms with Gasteiger partial charge in [0.2, 0.25) is 0 Å². The first-order chi connectivity index (χ1) is 13.1. The van der Waals surface area contributed by atoms with E-state index >= 15 is 0 Å². The van der Waals surface area contributed by atoms with Crippen molar-refractivity contribution in [3.63, 3.8) is 0 Å². The van der Waals surface area contributed by atoms with Gasteiger partial charge in [-0.1, -0.05) is 6.07 Å². The minimum absolute atomic E-state index is 0.289. The highest BCUT2D eigenvalue weighted by atomic mass is 16.5. The van der Waals surface area contributed by atoms with Crippen molar-refractivity contribution in [1.82, 2.24) is 19.9 Å². The van der Waals surface area contributed by atoms with Gasteiger partial charge in [0, 0.05) is 36.6 Å². The molecule has 0 spiro atoms. The standard InChI is InChI=1S/C21H23N5O/c1-14-8-16(9-17-12-26(2)7-5-18(14)17)19-11-24-20(22)21(25-19)27-13-15-4-3-6-23-10-15/h3-4,6,8-11H,5,7,12-13H2,1-2H3,(H2,22,24). The van der Waals surface area contributed by atoms with E-state index in [4.69, 9.17) is 10.5 Å². The first kappa shape index (κ1) is 17.4. The second-order valence-electron chi connectivity index (χ2n) is 7.01. The third kappa shape index (κ3) is 3.75. The Hall–Kier alpha value is -2.99. The Morgan fingerprint density at radius 1 is 1.26 bits per heavy atom.